The van der Waals surface area contributed by atoms with Crippen LogP contribution < -0.4 is 8.92 Å². The van der Waals surface area contributed by atoms with E-state index in [4.69, 9.17) is 8.92 Å². The number of rotatable bonds is 6. The number of ketones is 1. The molecule has 0 unspecified atom stereocenters. The van der Waals surface area contributed by atoms with Crippen LogP contribution >= 0.6 is 0 Å². The highest BCUT2D eigenvalue weighted by molar-refractivity contribution is 7.87. The molecule has 2 aromatic carbocycles. The van der Waals surface area contributed by atoms with Crippen LogP contribution in [0.25, 0.3) is 0 Å². The van der Waals surface area contributed by atoms with Crippen molar-refractivity contribution in [2.24, 2.45) is 0 Å². The summed E-state index contributed by atoms with van der Waals surface area (Å²) in [5.41, 5.74) is 0.491. The van der Waals surface area contributed by atoms with Gasteiger partial charge in [-0.25, -0.2) is 0 Å². The van der Waals surface area contributed by atoms with E-state index in [1.165, 1.54) is 43.3 Å². The summed E-state index contributed by atoms with van der Waals surface area (Å²) in [4.78, 5) is 11.2. The van der Waals surface area contributed by atoms with Gasteiger partial charge in [0.25, 0.3) is 0 Å². The summed E-state index contributed by atoms with van der Waals surface area (Å²) in [5, 5.41) is 0. The second-order valence-electron chi connectivity index (χ2n) is 4.52. The molecule has 0 N–H and O–H groups in total. The normalized spacial score (nSPS) is 11.0. The Balaban J connectivity index is 2.18. The summed E-state index contributed by atoms with van der Waals surface area (Å²) in [6.45, 7) is 3.79. The third-order valence-electron chi connectivity index (χ3n) is 2.89. The van der Waals surface area contributed by atoms with Crippen LogP contribution in [-0.4, -0.2) is 20.8 Å². The zero-order valence-electron chi connectivity index (χ0n) is 12.3. The quantitative estimate of drug-likeness (QED) is 0.604. The maximum atomic E-state index is 12.2. The van der Waals surface area contributed by atoms with Crippen molar-refractivity contribution < 1.29 is 22.1 Å². The Labute approximate surface area is 129 Å². The van der Waals surface area contributed by atoms with Gasteiger partial charge in [0.2, 0.25) is 0 Å². The van der Waals surface area contributed by atoms with Crippen LogP contribution in [0.4, 0.5) is 0 Å². The van der Waals surface area contributed by atoms with E-state index >= 15 is 0 Å². The molecule has 0 amide bonds. The molecule has 0 aliphatic rings. The van der Waals surface area contributed by atoms with Crippen LogP contribution in [0, 0.1) is 0 Å². The minimum absolute atomic E-state index is 0.0339. The van der Waals surface area contributed by atoms with Gasteiger partial charge in [-0.1, -0.05) is 0 Å². The Bertz CT molecular complexity index is 746. The number of hydrogen-bond donors (Lipinski definition) is 0. The third kappa shape index (κ3) is 3.85. The summed E-state index contributed by atoms with van der Waals surface area (Å²) < 4.78 is 34.6. The maximum absolute atomic E-state index is 12.2. The molecule has 0 heterocycles. The monoisotopic (exact) mass is 320 g/mol. The highest BCUT2D eigenvalue weighted by Crippen LogP contribution is 2.21. The van der Waals surface area contributed by atoms with Crippen LogP contribution in [0.5, 0.6) is 11.5 Å². The lowest BCUT2D eigenvalue weighted by Gasteiger charge is -2.08. The maximum Gasteiger partial charge on any atom is 0.339 e. The zero-order valence-corrected chi connectivity index (χ0v) is 13.1. The van der Waals surface area contributed by atoms with E-state index in [-0.39, 0.29) is 16.4 Å². The molecule has 0 saturated heterocycles. The number of Topliss-reactive ketones (excluding diaryl/α,β-unsaturated/α-hetero) is 1. The van der Waals surface area contributed by atoms with E-state index < -0.39 is 10.1 Å². The average molecular weight is 320 g/mol. The second kappa shape index (κ2) is 6.62. The Hall–Kier alpha value is -2.34. The predicted octanol–water partition coefficient (Wildman–Crippen LogP) is 3.06. The molecule has 6 heteroatoms. The van der Waals surface area contributed by atoms with Gasteiger partial charge in [-0.15, -0.1) is 0 Å². The summed E-state index contributed by atoms with van der Waals surface area (Å²) in [6, 6.07) is 11.9. The Kier molecular flexibility index (Phi) is 4.82. The van der Waals surface area contributed by atoms with Crippen molar-refractivity contribution in [1.82, 2.24) is 0 Å². The molecule has 2 rings (SSSR count). The SMILES string of the molecule is CCOc1ccc(S(=O)(=O)Oc2ccc(C(C)=O)cc2)cc1. The van der Waals surface area contributed by atoms with E-state index in [9.17, 15) is 13.2 Å². The fourth-order valence-corrected chi connectivity index (χ4v) is 2.72. The molecular formula is C16H16O5S. The fourth-order valence-electron chi connectivity index (χ4n) is 1.79. The molecule has 0 aromatic heterocycles. The predicted molar refractivity (Wildman–Crippen MR) is 81.9 cm³/mol. The van der Waals surface area contributed by atoms with E-state index in [2.05, 4.69) is 0 Å². The molecule has 0 saturated carbocycles. The van der Waals surface area contributed by atoms with Crippen molar-refractivity contribution in [3.05, 3.63) is 54.1 Å². The molecule has 0 spiro atoms. The minimum atomic E-state index is -3.92. The van der Waals surface area contributed by atoms with Crippen LogP contribution in [0.15, 0.2) is 53.4 Å². The van der Waals surface area contributed by atoms with Crippen molar-refractivity contribution in [3.8, 4) is 11.5 Å². The lowest BCUT2D eigenvalue weighted by molar-refractivity contribution is 0.101. The number of carbonyl (C=O) groups excluding carboxylic acids is 1. The summed E-state index contributed by atoms with van der Waals surface area (Å²) >= 11 is 0. The van der Waals surface area contributed by atoms with Crippen molar-refractivity contribution in [3.63, 3.8) is 0 Å². The van der Waals surface area contributed by atoms with Gasteiger partial charge in [-0.05, 0) is 62.4 Å². The fraction of sp³-hybridized carbons (Fsp3) is 0.188. The summed E-state index contributed by atoms with van der Waals surface area (Å²) in [6.07, 6.45) is 0. The van der Waals surface area contributed by atoms with Crippen LogP contribution in [0.3, 0.4) is 0 Å². The van der Waals surface area contributed by atoms with Gasteiger partial charge in [-0.2, -0.15) is 8.42 Å². The first-order chi connectivity index (χ1) is 10.4. The lowest BCUT2D eigenvalue weighted by Crippen LogP contribution is -2.09. The lowest BCUT2D eigenvalue weighted by atomic mass is 10.1. The minimum Gasteiger partial charge on any atom is -0.494 e. The molecule has 0 aliphatic carbocycles. The average Bonchev–Trinajstić information content (AvgIpc) is 2.48. The third-order valence-corrected chi connectivity index (χ3v) is 4.15. The van der Waals surface area contributed by atoms with E-state index in [0.29, 0.717) is 17.9 Å². The summed E-state index contributed by atoms with van der Waals surface area (Å²) in [5.74, 6) is 0.645. The van der Waals surface area contributed by atoms with E-state index in [1.807, 2.05) is 6.92 Å². The molecule has 0 aliphatic heterocycles. The summed E-state index contributed by atoms with van der Waals surface area (Å²) in [7, 11) is -3.92. The van der Waals surface area contributed by atoms with Gasteiger partial charge >= 0.3 is 10.1 Å². The van der Waals surface area contributed by atoms with Crippen molar-refractivity contribution >= 4 is 15.9 Å². The Morgan fingerprint density at radius 3 is 2.00 bits per heavy atom. The number of benzene rings is 2. The standard InChI is InChI=1S/C16H16O5S/c1-3-20-14-8-10-16(11-9-14)22(18,19)21-15-6-4-13(5-7-15)12(2)17/h4-11H,3H2,1-2H3. The molecular weight excluding hydrogens is 304 g/mol. The number of ether oxygens (including phenoxy) is 1. The molecule has 0 bridgehead atoms. The van der Waals surface area contributed by atoms with Crippen molar-refractivity contribution in [2.75, 3.05) is 6.61 Å². The molecule has 0 atom stereocenters. The van der Waals surface area contributed by atoms with Crippen LogP contribution in [-0.2, 0) is 10.1 Å². The van der Waals surface area contributed by atoms with E-state index in [0.717, 1.165) is 0 Å². The van der Waals surface area contributed by atoms with Gasteiger partial charge in [-0.3, -0.25) is 4.79 Å². The van der Waals surface area contributed by atoms with E-state index in [1.54, 1.807) is 12.1 Å². The molecule has 0 radical (unpaired) electrons. The van der Waals surface area contributed by atoms with Gasteiger partial charge in [0, 0.05) is 5.56 Å². The first-order valence-corrected chi connectivity index (χ1v) is 8.11. The first-order valence-electron chi connectivity index (χ1n) is 6.71. The highest BCUT2D eigenvalue weighted by atomic mass is 32.2. The topological polar surface area (TPSA) is 69.7 Å². The number of hydrogen-bond acceptors (Lipinski definition) is 5. The smallest absolute Gasteiger partial charge is 0.339 e. The number of carbonyl (C=O) groups is 1. The van der Waals surface area contributed by atoms with Gasteiger partial charge in [0.05, 0.1) is 6.61 Å². The Morgan fingerprint density at radius 1 is 0.955 bits per heavy atom. The van der Waals surface area contributed by atoms with Crippen molar-refractivity contribution in [2.45, 2.75) is 18.7 Å². The zero-order chi connectivity index (χ0) is 16.2. The van der Waals surface area contributed by atoms with Gasteiger partial charge in [0.1, 0.15) is 16.4 Å². The molecule has 116 valence electrons. The molecule has 22 heavy (non-hydrogen) atoms. The van der Waals surface area contributed by atoms with Gasteiger partial charge in [0.15, 0.2) is 5.78 Å². The van der Waals surface area contributed by atoms with Gasteiger partial charge < -0.3 is 8.92 Å². The van der Waals surface area contributed by atoms with Crippen molar-refractivity contribution in [1.29, 1.82) is 0 Å². The second-order valence-corrected chi connectivity index (χ2v) is 6.07. The molecule has 2 aromatic rings. The molecule has 5 nitrogen and oxygen atoms in total. The highest BCUT2D eigenvalue weighted by Gasteiger charge is 2.16. The van der Waals surface area contributed by atoms with Crippen LogP contribution in [0.1, 0.15) is 24.2 Å². The largest absolute Gasteiger partial charge is 0.494 e. The molecule has 0 fully saturated rings. The Morgan fingerprint density at radius 2 is 1.50 bits per heavy atom. The van der Waals surface area contributed by atoms with Crippen LogP contribution in [0.2, 0.25) is 0 Å². The first kappa shape index (κ1) is 16.0.